The molecule has 0 aliphatic rings. The number of aliphatic hydroxyl groups excluding tert-OH is 1. The monoisotopic (exact) mass is 302 g/mol. The Balaban J connectivity index is 2.66. The van der Waals surface area contributed by atoms with Gasteiger partial charge in [-0.2, -0.15) is 0 Å². The van der Waals surface area contributed by atoms with E-state index >= 15 is 0 Å². The van der Waals surface area contributed by atoms with Gasteiger partial charge in [-0.15, -0.1) is 0 Å². The molecule has 0 unspecified atom stereocenters. The van der Waals surface area contributed by atoms with E-state index in [0.717, 1.165) is 6.42 Å². The fourth-order valence-electron chi connectivity index (χ4n) is 1.62. The van der Waals surface area contributed by atoms with Crippen LogP contribution < -0.4 is 5.32 Å². The van der Waals surface area contributed by atoms with E-state index in [4.69, 9.17) is 5.11 Å². The standard InChI is InChI=1S/C12H22N4O3S/c1-3-13-12-14-9-11(10-15-12)20(18,19)16(2)7-5-4-6-8-17/h9-10,17H,3-8H2,1-2H3,(H,13,14,15). The predicted molar refractivity (Wildman–Crippen MR) is 76.9 cm³/mol. The number of unbranched alkanes of at least 4 members (excludes halogenated alkanes) is 2. The van der Waals surface area contributed by atoms with Crippen LogP contribution in [0.1, 0.15) is 26.2 Å². The minimum atomic E-state index is -3.54. The largest absolute Gasteiger partial charge is 0.396 e. The minimum absolute atomic E-state index is 0.0869. The highest BCUT2D eigenvalue weighted by Gasteiger charge is 2.21. The summed E-state index contributed by atoms with van der Waals surface area (Å²) in [6.45, 7) is 3.14. The van der Waals surface area contributed by atoms with Gasteiger partial charge in [-0.05, 0) is 26.2 Å². The highest BCUT2D eigenvalue weighted by molar-refractivity contribution is 7.89. The van der Waals surface area contributed by atoms with Crippen LogP contribution in [0.25, 0.3) is 0 Å². The average molecular weight is 302 g/mol. The molecule has 0 fully saturated rings. The molecule has 0 aliphatic heterocycles. The zero-order valence-corrected chi connectivity index (χ0v) is 12.7. The number of aliphatic hydroxyl groups is 1. The van der Waals surface area contributed by atoms with Crippen molar-refractivity contribution >= 4 is 16.0 Å². The van der Waals surface area contributed by atoms with E-state index < -0.39 is 10.0 Å². The molecule has 20 heavy (non-hydrogen) atoms. The molecule has 0 aliphatic carbocycles. The summed E-state index contributed by atoms with van der Waals surface area (Å²) in [6, 6.07) is 0. The lowest BCUT2D eigenvalue weighted by molar-refractivity contribution is 0.281. The molecule has 1 aromatic heterocycles. The topological polar surface area (TPSA) is 95.4 Å². The lowest BCUT2D eigenvalue weighted by Gasteiger charge is -2.16. The van der Waals surface area contributed by atoms with Gasteiger partial charge in [0, 0.05) is 26.7 Å². The Bertz CT molecular complexity index is 490. The van der Waals surface area contributed by atoms with E-state index in [9.17, 15) is 8.42 Å². The Morgan fingerprint density at radius 1 is 1.25 bits per heavy atom. The fraction of sp³-hybridized carbons (Fsp3) is 0.667. The number of nitrogens with zero attached hydrogens (tertiary/aromatic N) is 3. The van der Waals surface area contributed by atoms with Gasteiger partial charge in [-0.1, -0.05) is 0 Å². The van der Waals surface area contributed by atoms with Crippen molar-refractivity contribution in [3.8, 4) is 0 Å². The van der Waals surface area contributed by atoms with Crippen LogP contribution in [-0.4, -0.2) is 54.5 Å². The Labute approximate surface area is 120 Å². The van der Waals surface area contributed by atoms with Gasteiger partial charge in [0.15, 0.2) is 0 Å². The zero-order valence-electron chi connectivity index (χ0n) is 11.9. The van der Waals surface area contributed by atoms with E-state index in [1.807, 2.05) is 6.92 Å². The summed E-state index contributed by atoms with van der Waals surface area (Å²) in [5, 5.41) is 11.6. The first-order chi connectivity index (χ1) is 9.52. The Morgan fingerprint density at radius 2 is 1.90 bits per heavy atom. The maximum atomic E-state index is 12.2. The van der Waals surface area contributed by atoms with Gasteiger partial charge in [0.25, 0.3) is 0 Å². The van der Waals surface area contributed by atoms with Crippen molar-refractivity contribution < 1.29 is 13.5 Å². The Hall–Kier alpha value is -1.25. The molecule has 7 nitrogen and oxygen atoms in total. The third-order valence-corrected chi connectivity index (χ3v) is 4.61. The molecular weight excluding hydrogens is 280 g/mol. The summed E-state index contributed by atoms with van der Waals surface area (Å²) >= 11 is 0. The predicted octanol–water partition coefficient (Wildman–Crippen LogP) is 0.691. The van der Waals surface area contributed by atoms with E-state index in [1.54, 1.807) is 0 Å². The van der Waals surface area contributed by atoms with Gasteiger partial charge in [0.1, 0.15) is 4.90 Å². The van der Waals surface area contributed by atoms with Gasteiger partial charge in [-0.3, -0.25) is 0 Å². The molecule has 0 spiro atoms. The fourth-order valence-corrected chi connectivity index (χ4v) is 2.72. The van der Waals surface area contributed by atoms with Gasteiger partial charge in [-0.25, -0.2) is 22.7 Å². The third-order valence-electron chi connectivity index (χ3n) is 2.80. The molecule has 0 amide bonds. The Kier molecular flexibility index (Phi) is 6.83. The first-order valence-electron chi connectivity index (χ1n) is 6.65. The number of rotatable bonds is 9. The summed E-state index contributed by atoms with van der Waals surface area (Å²) in [7, 11) is -2.01. The first-order valence-corrected chi connectivity index (χ1v) is 8.09. The lowest BCUT2D eigenvalue weighted by atomic mass is 10.2. The molecular formula is C12H22N4O3S. The van der Waals surface area contributed by atoms with Crippen molar-refractivity contribution in [2.75, 3.05) is 32.1 Å². The third kappa shape index (κ3) is 4.69. The number of anilines is 1. The van der Waals surface area contributed by atoms with Crippen molar-refractivity contribution in [1.29, 1.82) is 0 Å². The van der Waals surface area contributed by atoms with Gasteiger partial charge in [0.2, 0.25) is 16.0 Å². The van der Waals surface area contributed by atoms with Crippen LogP contribution in [0.4, 0.5) is 5.95 Å². The SMILES string of the molecule is CCNc1ncc(S(=O)(=O)N(C)CCCCCO)cn1. The van der Waals surface area contributed by atoms with Crippen molar-refractivity contribution in [3.63, 3.8) is 0 Å². The van der Waals surface area contributed by atoms with Crippen LogP contribution in [0.3, 0.4) is 0 Å². The summed E-state index contributed by atoms with van der Waals surface area (Å²) in [5.41, 5.74) is 0. The molecule has 0 aromatic carbocycles. The number of sulfonamides is 1. The maximum Gasteiger partial charge on any atom is 0.245 e. The molecule has 1 heterocycles. The van der Waals surface area contributed by atoms with Crippen LogP contribution in [0.15, 0.2) is 17.3 Å². The van der Waals surface area contributed by atoms with Crippen LogP contribution in [-0.2, 0) is 10.0 Å². The van der Waals surface area contributed by atoms with Crippen LogP contribution >= 0.6 is 0 Å². The average Bonchev–Trinajstić information content (AvgIpc) is 2.44. The van der Waals surface area contributed by atoms with Crippen molar-refractivity contribution in [2.24, 2.45) is 0 Å². The van der Waals surface area contributed by atoms with Crippen molar-refractivity contribution in [1.82, 2.24) is 14.3 Å². The van der Waals surface area contributed by atoms with Gasteiger partial charge < -0.3 is 10.4 Å². The number of nitrogens with one attached hydrogen (secondary N) is 1. The highest BCUT2D eigenvalue weighted by atomic mass is 32.2. The quantitative estimate of drug-likeness (QED) is 0.652. The van der Waals surface area contributed by atoms with Crippen molar-refractivity contribution in [3.05, 3.63) is 12.4 Å². The summed E-state index contributed by atoms with van der Waals surface area (Å²) in [4.78, 5) is 8.02. The second-order valence-electron chi connectivity index (χ2n) is 4.38. The van der Waals surface area contributed by atoms with E-state index in [2.05, 4.69) is 15.3 Å². The highest BCUT2D eigenvalue weighted by Crippen LogP contribution is 2.13. The second kappa shape index (κ2) is 8.13. The zero-order chi connectivity index (χ0) is 15.0. The van der Waals surface area contributed by atoms with Gasteiger partial charge in [0.05, 0.1) is 12.4 Å². The van der Waals surface area contributed by atoms with Gasteiger partial charge >= 0.3 is 0 Å². The number of aromatic nitrogens is 2. The number of hydrogen-bond donors (Lipinski definition) is 2. The molecule has 1 rings (SSSR count). The lowest BCUT2D eigenvalue weighted by Crippen LogP contribution is -2.28. The van der Waals surface area contributed by atoms with Crippen LogP contribution in [0.5, 0.6) is 0 Å². The van der Waals surface area contributed by atoms with E-state index in [0.29, 0.717) is 31.9 Å². The van der Waals surface area contributed by atoms with E-state index in [1.165, 1.54) is 23.7 Å². The molecule has 8 heteroatoms. The molecule has 0 bridgehead atoms. The molecule has 1 aromatic rings. The summed E-state index contributed by atoms with van der Waals surface area (Å²) in [6.07, 6.45) is 4.82. The molecule has 0 radical (unpaired) electrons. The van der Waals surface area contributed by atoms with Crippen LogP contribution in [0.2, 0.25) is 0 Å². The summed E-state index contributed by atoms with van der Waals surface area (Å²) < 4.78 is 25.8. The molecule has 114 valence electrons. The minimum Gasteiger partial charge on any atom is -0.396 e. The molecule has 0 saturated heterocycles. The van der Waals surface area contributed by atoms with E-state index in [-0.39, 0.29) is 11.5 Å². The summed E-state index contributed by atoms with van der Waals surface area (Å²) in [5.74, 6) is 0.414. The first kappa shape index (κ1) is 16.8. The Morgan fingerprint density at radius 3 is 2.45 bits per heavy atom. The van der Waals surface area contributed by atoms with Crippen molar-refractivity contribution in [2.45, 2.75) is 31.1 Å². The molecule has 0 atom stereocenters. The van der Waals surface area contributed by atoms with Crippen LogP contribution in [0, 0.1) is 0 Å². The number of hydrogen-bond acceptors (Lipinski definition) is 6. The molecule has 2 N–H and O–H groups in total. The molecule has 0 saturated carbocycles. The normalized spacial score (nSPS) is 11.8. The smallest absolute Gasteiger partial charge is 0.245 e. The maximum absolute atomic E-state index is 12.2. The second-order valence-corrected chi connectivity index (χ2v) is 6.43.